The molecular formula is C21H21ClN4O3S. The van der Waals surface area contributed by atoms with E-state index < -0.39 is 10.0 Å². The van der Waals surface area contributed by atoms with Gasteiger partial charge in [0, 0.05) is 25.2 Å². The summed E-state index contributed by atoms with van der Waals surface area (Å²) in [7, 11) is -3.39. The highest BCUT2D eigenvalue weighted by Gasteiger charge is 2.27. The van der Waals surface area contributed by atoms with E-state index >= 15 is 0 Å². The van der Waals surface area contributed by atoms with Crippen LogP contribution in [0.5, 0.6) is 11.5 Å². The van der Waals surface area contributed by atoms with Gasteiger partial charge in [0.25, 0.3) is 0 Å². The molecule has 1 saturated heterocycles. The highest BCUT2D eigenvalue weighted by molar-refractivity contribution is 7.88. The van der Waals surface area contributed by atoms with Crippen LogP contribution in [-0.4, -0.2) is 56.0 Å². The number of aliphatic imine (C=N–C) groups is 2. The zero-order valence-electron chi connectivity index (χ0n) is 16.3. The largest absolute Gasteiger partial charge is 0.456 e. The van der Waals surface area contributed by atoms with E-state index in [1.807, 2.05) is 23.1 Å². The quantitative estimate of drug-likeness (QED) is 0.703. The third-order valence-corrected chi connectivity index (χ3v) is 7.74. The molecule has 2 aromatic carbocycles. The van der Waals surface area contributed by atoms with Crippen molar-refractivity contribution in [2.24, 2.45) is 9.98 Å². The van der Waals surface area contributed by atoms with E-state index in [2.05, 4.69) is 9.98 Å². The minimum atomic E-state index is -3.39. The van der Waals surface area contributed by atoms with Gasteiger partial charge in [-0.2, -0.15) is 0 Å². The molecule has 0 saturated carbocycles. The average molecular weight is 445 g/mol. The molecule has 7 nitrogen and oxygen atoms in total. The van der Waals surface area contributed by atoms with Gasteiger partial charge in [0.1, 0.15) is 17.3 Å². The standard InChI is InChI=1S/C21H21ClN4O3S/c22-20-15(13-30(27,28)26-9-1-2-10-26)4-3-5-19(20)29-16-6-7-18-17(12-16)21-23-8-11-25(21)14-24-18/h3-7,12,14H,1-2,8-11,13H2. The molecule has 1 fully saturated rings. The molecule has 30 heavy (non-hydrogen) atoms. The van der Waals surface area contributed by atoms with E-state index in [0.29, 0.717) is 35.2 Å². The van der Waals surface area contributed by atoms with E-state index in [1.165, 1.54) is 4.31 Å². The number of rotatable bonds is 5. The van der Waals surface area contributed by atoms with Gasteiger partial charge in [-0.1, -0.05) is 23.7 Å². The molecule has 0 atom stereocenters. The van der Waals surface area contributed by atoms with Gasteiger partial charge < -0.3 is 9.64 Å². The number of ether oxygens (including phenoxy) is 1. The number of fused-ring (bicyclic) bond motifs is 3. The number of halogens is 1. The summed E-state index contributed by atoms with van der Waals surface area (Å²) in [6.45, 7) is 2.72. The number of hydrogen-bond acceptors (Lipinski definition) is 6. The van der Waals surface area contributed by atoms with E-state index in [-0.39, 0.29) is 5.75 Å². The fraction of sp³-hybridized carbons (Fsp3) is 0.333. The Balaban J connectivity index is 1.41. The maximum Gasteiger partial charge on any atom is 0.218 e. The predicted octanol–water partition coefficient (Wildman–Crippen LogP) is 3.79. The van der Waals surface area contributed by atoms with Crippen molar-refractivity contribution in [3.8, 4) is 11.5 Å². The van der Waals surface area contributed by atoms with Gasteiger partial charge in [-0.3, -0.25) is 4.99 Å². The summed E-state index contributed by atoms with van der Waals surface area (Å²) in [5.41, 5.74) is 2.29. The van der Waals surface area contributed by atoms with Crippen molar-refractivity contribution in [1.29, 1.82) is 0 Å². The molecule has 5 rings (SSSR count). The van der Waals surface area contributed by atoms with Crippen LogP contribution in [0.15, 0.2) is 46.4 Å². The number of benzene rings is 2. The minimum Gasteiger partial charge on any atom is -0.456 e. The summed E-state index contributed by atoms with van der Waals surface area (Å²) < 4.78 is 32.9. The van der Waals surface area contributed by atoms with Crippen molar-refractivity contribution < 1.29 is 13.2 Å². The average Bonchev–Trinajstić information content (AvgIpc) is 3.43. The first-order chi connectivity index (χ1) is 14.5. The van der Waals surface area contributed by atoms with Crippen LogP contribution in [-0.2, 0) is 15.8 Å². The van der Waals surface area contributed by atoms with Crippen LogP contribution >= 0.6 is 11.6 Å². The zero-order chi connectivity index (χ0) is 20.7. The molecule has 3 aliphatic rings. The maximum atomic E-state index is 12.7. The molecule has 3 heterocycles. The Labute approximate surface area is 180 Å². The second-order valence-corrected chi connectivity index (χ2v) is 9.86. The Morgan fingerprint density at radius 2 is 1.93 bits per heavy atom. The maximum absolute atomic E-state index is 12.7. The zero-order valence-corrected chi connectivity index (χ0v) is 17.9. The van der Waals surface area contributed by atoms with Crippen molar-refractivity contribution in [2.45, 2.75) is 18.6 Å². The summed E-state index contributed by atoms with van der Waals surface area (Å²) in [5, 5.41) is 0.316. The number of hydrogen-bond donors (Lipinski definition) is 0. The van der Waals surface area contributed by atoms with Crippen molar-refractivity contribution >= 4 is 39.5 Å². The van der Waals surface area contributed by atoms with E-state index in [0.717, 1.165) is 43.0 Å². The van der Waals surface area contributed by atoms with Crippen molar-refractivity contribution in [2.75, 3.05) is 26.2 Å². The van der Waals surface area contributed by atoms with Gasteiger partial charge in [-0.05, 0) is 42.7 Å². The lowest BCUT2D eigenvalue weighted by atomic mass is 10.1. The van der Waals surface area contributed by atoms with Crippen molar-refractivity contribution in [3.63, 3.8) is 0 Å². The van der Waals surface area contributed by atoms with Crippen molar-refractivity contribution in [1.82, 2.24) is 9.21 Å². The number of sulfonamides is 1. The third kappa shape index (κ3) is 3.59. The molecule has 9 heteroatoms. The third-order valence-electron chi connectivity index (χ3n) is 5.49. The van der Waals surface area contributed by atoms with Crippen LogP contribution in [0, 0.1) is 0 Å². The van der Waals surface area contributed by atoms with Gasteiger partial charge in [0.15, 0.2) is 0 Å². The van der Waals surface area contributed by atoms with Crippen LogP contribution < -0.4 is 4.74 Å². The van der Waals surface area contributed by atoms with E-state index in [1.54, 1.807) is 24.5 Å². The summed E-state index contributed by atoms with van der Waals surface area (Å²) in [6, 6.07) is 10.8. The monoisotopic (exact) mass is 444 g/mol. The Morgan fingerprint density at radius 1 is 1.10 bits per heavy atom. The molecule has 2 aromatic rings. The Hall–Kier alpha value is -2.42. The molecule has 0 spiro atoms. The lowest BCUT2D eigenvalue weighted by Crippen LogP contribution is -2.29. The summed E-state index contributed by atoms with van der Waals surface area (Å²) >= 11 is 6.54. The fourth-order valence-corrected chi connectivity index (χ4v) is 5.88. The lowest BCUT2D eigenvalue weighted by molar-refractivity contribution is 0.475. The Morgan fingerprint density at radius 3 is 2.77 bits per heavy atom. The topological polar surface area (TPSA) is 74.6 Å². The molecular weight excluding hydrogens is 424 g/mol. The molecule has 0 bridgehead atoms. The fourth-order valence-electron chi connectivity index (χ4n) is 3.94. The molecule has 0 unspecified atom stereocenters. The molecule has 0 radical (unpaired) electrons. The first-order valence-electron chi connectivity index (χ1n) is 9.94. The number of nitrogens with zero attached hydrogens (tertiary/aromatic N) is 4. The first-order valence-corrected chi connectivity index (χ1v) is 11.9. The van der Waals surface area contributed by atoms with Crippen molar-refractivity contribution in [3.05, 3.63) is 52.5 Å². The highest BCUT2D eigenvalue weighted by Crippen LogP contribution is 2.36. The van der Waals surface area contributed by atoms with Gasteiger partial charge in [-0.25, -0.2) is 17.7 Å². The summed E-state index contributed by atoms with van der Waals surface area (Å²) in [4.78, 5) is 11.0. The Kier molecular flexibility index (Phi) is 5.00. The molecule has 0 amide bonds. The predicted molar refractivity (Wildman–Crippen MR) is 118 cm³/mol. The van der Waals surface area contributed by atoms with E-state index in [4.69, 9.17) is 16.3 Å². The summed E-state index contributed by atoms with van der Waals surface area (Å²) in [5.74, 6) is 1.78. The molecule has 0 aromatic heterocycles. The van der Waals surface area contributed by atoms with E-state index in [9.17, 15) is 8.42 Å². The van der Waals surface area contributed by atoms with Gasteiger partial charge in [0.05, 0.1) is 29.3 Å². The van der Waals surface area contributed by atoms with Gasteiger partial charge >= 0.3 is 0 Å². The van der Waals surface area contributed by atoms with Crippen LogP contribution in [0.25, 0.3) is 0 Å². The van der Waals surface area contributed by atoms with Crippen LogP contribution in [0.1, 0.15) is 24.0 Å². The highest BCUT2D eigenvalue weighted by atomic mass is 35.5. The summed E-state index contributed by atoms with van der Waals surface area (Å²) in [6.07, 6.45) is 3.61. The number of amidine groups is 1. The first kappa shape index (κ1) is 19.5. The van der Waals surface area contributed by atoms with Crippen LogP contribution in [0.3, 0.4) is 0 Å². The second-order valence-electron chi connectivity index (χ2n) is 7.52. The minimum absolute atomic E-state index is 0.131. The van der Waals surface area contributed by atoms with Gasteiger partial charge in [-0.15, -0.1) is 0 Å². The Bertz CT molecular complexity index is 1160. The smallest absolute Gasteiger partial charge is 0.218 e. The molecule has 0 aliphatic carbocycles. The molecule has 0 N–H and O–H groups in total. The molecule has 3 aliphatic heterocycles. The SMILES string of the molecule is O=S(=O)(Cc1cccc(Oc2ccc3c(c2)C2=NCCN2C=N3)c1Cl)N1CCCC1. The molecule has 156 valence electrons. The van der Waals surface area contributed by atoms with Crippen LogP contribution in [0.4, 0.5) is 5.69 Å². The second kappa shape index (κ2) is 7.68. The lowest BCUT2D eigenvalue weighted by Gasteiger charge is -2.21. The van der Waals surface area contributed by atoms with Crippen LogP contribution in [0.2, 0.25) is 5.02 Å². The normalized spacial score (nSPS) is 18.3. The van der Waals surface area contributed by atoms with Gasteiger partial charge in [0.2, 0.25) is 10.0 Å².